The number of aliphatic carboxylic acids is 1. The second kappa shape index (κ2) is 5.75. The fourth-order valence-electron chi connectivity index (χ4n) is 2.43. The van der Waals surface area contributed by atoms with E-state index in [4.69, 9.17) is 9.47 Å². The molecule has 3 rings (SSSR count). The summed E-state index contributed by atoms with van der Waals surface area (Å²) in [6.45, 7) is 0.755. The third-order valence-electron chi connectivity index (χ3n) is 3.40. The van der Waals surface area contributed by atoms with Gasteiger partial charge in [-0.1, -0.05) is 6.07 Å². The number of hydrogen-bond donors (Lipinski definition) is 1. The first-order valence-corrected chi connectivity index (χ1v) is 7.43. The Morgan fingerprint density at radius 1 is 1.38 bits per heavy atom. The van der Waals surface area contributed by atoms with Crippen molar-refractivity contribution < 1.29 is 19.4 Å². The number of hydrogen-bond acceptors (Lipinski definition) is 5. The molecule has 21 heavy (non-hydrogen) atoms. The van der Waals surface area contributed by atoms with Gasteiger partial charge in [0.05, 0.1) is 0 Å². The van der Waals surface area contributed by atoms with Gasteiger partial charge in [0.25, 0.3) is 0 Å². The van der Waals surface area contributed by atoms with Crippen LogP contribution >= 0.6 is 11.3 Å². The number of carbonyl (C=O) groups is 1. The van der Waals surface area contributed by atoms with E-state index in [0.717, 1.165) is 16.9 Å². The average molecular weight is 305 g/mol. The summed E-state index contributed by atoms with van der Waals surface area (Å²) in [6, 6.07) is 6.87. The smallest absolute Gasteiger partial charge is 0.325 e. The predicted octanol–water partition coefficient (Wildman–Crippen LogP) is 2.73. The maximum absolute atomic E-state index is 11.5. The van der Waals surface area contributed by atoms with Crippen molar-refractivity contribution in [2.75, 3.05) is 13.8 Å². The van der Waals surface area contributed by atoms with Crippen molar-refractivity contribution in [3.05, 3.63) is 46.2 Å². The molecule has 0 saturated heterocycles. The van der Waals surface area contributed by atoms with Crippen molar-refractivity contribution >= 4 is 17.3 Å². The Morgan fingerprint density at radius 2 is 2.19 bits per heavy atom. The van der Waals surface area contributed by atoms with E-state index in [-0.39, 0.29) is 6.79 Å². The molecule has 1 aliphatic rings. The maximum Gasteiger partial charge on any atom is 0.325 e. The summed E-state index contributed by atoms with van der Waals surface area (Å²) < 4.78 is 10.6. The first-order chi connectivity index (χ1) is 10.1. The predicted molar refractivity (Wildman–Crippen MR) is 78.7 cm³/mol. The third-order valence-corrected chi connectivity index (χ3v) is 4.10. The first-order valence-electron chi connectivity index (χ1n) is 6.49. The van der Waals surface area contributed by atoms with Crippen LogP contribution in [0.3, 0.4) is 0 Å². The highest BCUT2D eigenvalue weighted by molar-refractivity contribution is 7.08. The van der Waals surface area contributed by atoms with Gasteiger partial charge in [-0.05, 0) is 47.1 Å². The Kier molecular flexibility index (Phi) is 3.81. The molecule has 0 fully saturated rings. The summed E-state index contributed by atoms with van der Waals surface area (Å²) in [5.74, 6) is 0.592. The minimum Gasteiger partial charge on any atom is -0.480 e. The summed E-state index contributed by atoms with van der Waals surface area (Å²) >= 11 is 1.50. The number of carboxylic acid groups (broad SMARTS) is 1. The minimum absolute atomic E-state index is 0.237. The van der Waals surface area contributed by atoms with Gasteiger partial charge in [-0.3, -0.25) is 9.69 Å². The fourth-order valence-corrected chi connectivity index (χ4v) is 3.11. The lowest BCUT2D eigenvalue weighted by atomic mass is 10.1. The van der Waals surface area contributed by atoms with Crippen LogP contribution in [-0.4, -0.2) is 29.8 Å². The molecule has 0 amide bonds. The summed E-state index contributed by atoms with van der Waals surface area (Å²) in [5.41, 5.74) is 1.79. The first kappa shape index (κ1) is 13.9. The van der Waals surface area contributed by atoms with E-state index in [1.807, 2.05) is 39.9 Å². The second-order valence-corrected chi connectivity index (χ2v) is 5.68. The van der Waals surface area contributed by atoms with Crippen molar-refractivity contribution in [2.24, 2.45) is 0 Å². The largest absolute Gasteiger partial charge is 0.480 e. The molecule has 1 atom stereocenters. The molecule has 1 N–H and O–H groups in total. The molecule has 0 radical (unpaired) electrons. The van der Waals surface area contributed by atoms with Crippen molar-refractivity contribution in [3.8, 4) is 11.5 Å². The van der Waals surface area contributed by atoms with E-state index >= 15 is 0 Å². The second-order valence-electron chi connectivity index (χ2n) is 4.90. The minimum atomic E-state index is -0.850. The molecule has 110 valence electrons. The topological polar surface area (TPSA) is 59.0 Å². The van der Waals surface area contributed by atoms with Gasteiger partial charge in [0, 0.05) is 6.54 Å². The van der Waals surface area contributed by atoms with Crippen LogP contribution in [0.2, 0.25) is 0 Å². The van der Waals surface area contributed by atoms with E-state index in [1.165, 1.54) is 11.3 Å². The van der Waals surface area contributed by atoms with Gasteiger partial charge in [-0.15, -0.1) is 0 Å². The highest BCUT2D eigenvalue weighted by Gasteiger charge is 2.25. The zero-order valence-electron chi connectivity index (χ0n) is 11.5. The molecule has 0 spiro atoms. The number of benzene rings is 1. The van der Waals surface area contributed by atoms with E-state index in [2.05, 4.69) is 0 Å². The van der Waals surface area contributed by atoms with E-state index < -0.39 is 12.0 Å². The van der Waals surface area contributed by atoms with Crippen LogP contribution in [0.15, 0.2) is 35.0 Å². The number of likely N-dealkylation sites (N-methyl/N-ethyl adjacent to an activating group) is 1. The summed E-state index contributed by atoms with van der Waals surface area (Å²) in [4.78, 5) is 13.3. The molecule has 1 aromatic heterocycles. The normalized spacial score (nSPS) is 14.4. The molecular formula is C15H15NO4S. The van der Waals surface area contributed by atoms with Crippen LogP contribution < -0.4 is 9.47 Å². The Balaban J connectivity index is 1.78. The van der Waals surface area contributed by atoms with Crippen LogP contribution in [0, 0.1) is 0 Å². The molecule has 1 aromatic carbocycles. The van der Waals surface area contributed by atoms with E-state index in [9.17, 15) is 9.90 Å². The van der Waals surface area contributed by atoms with Crippen molar-refractivity contribution in [1.82, 2.24) is 4.90 Å². The van der Waals surface area contributed by atoms with Gasteiger partial charge in [-0.2, -0.15) is 11.3 Å². The third kappa shape index (κ3) is 2.86. The number of carboxylic acids is 1. The molecule has 2 heterocycles. The molecule has 1 unspecified atom stereocenters. The molecule has 0 bridgehead atoms. The van der Waals surface area contributed by atoms with Gasteiger partial charge in [0.15, 0.2) is 11.5 Å². The zero-order chi connectivity index (χ0) is 14.8. The number of nitrogens with zero attached hydrogens (tertiary/aromatic N) is 1. The highest BCUT2D eigenvalue weighted by atomic mass is 32.1. The van der Waals surface area contributed by atoms with Crippen LogP contribution in [-0.2, 0) is 11.3 Å². The Morgan fingerprint density at radius 3 is 2.90 bits per heavy atom. The summed E-state index contributed by atoms with van der Waals surface area (Å²) in [7, 11) is 1.81. The van der Waals surface area contributed by atoms with Crippen LogP contribution in [0.25, 0.3) is 0 Å². The SMILES string of the molecule is CN(Cc1ccc2c(c1)OCO2)C(C(=O)O)c1ccsc1. The van der Waals surface area contributed by atoms with Crippen LogP contribution in [0.1, 0.15) is 17.2 Å². The van der Waals surface area contributed by atoms with Crippen molar-refractivity contribution in [3.63, 3.8) is 0 Å². The molecule has 0 aliphatic carbocycles. The lowest BCUT2D eigenvalue weighted by Crippen LogP contribution is -2.30. The fraction of sp³-hybridized carbons (Fsp3) is 0.267. The lowest BCUT2D eigenvalue weighted by Gasteiger charge is -2.24. The Labute approximate surface area is 126 Å². The number of rotatable bonds is 5. The molecule has 5 nitrogen and oxygen atoms in total. The summed E-state index contributed by atoms with van der Waals surface area (Å²) in [6.07, 6.45) is 0. The number of ether oxygens (including phenoxy) is 2. The van der Waals surface area contributed by atoms with Gasteiger partial charge in [0.1, 0.15) is 6.04 Å². The molecule has 6 heteroatoms. The van der Waals surface area contributed by atoms with Crippen molar-refractivity contribution in [1.29, 1.82) is 0 Å². The van der Waals surface area contributed by atoms with Gasteiger partial charge in [0.2, 0.25) is 6.79 Å². The standard InChI is InChI=1S/C15H15NO4S/c1-16(14(15(17)18)11-4-5-21-8-11)7-10-2-3-12-13(6-10)20-9-19-12/h2-6,8,14H,7,9H2,1H3,(H,17,18). The quantitative estimate of drug-likeness (QED) is 0.920. The molecular weight excluding hydrogens is 290 g/mol. The number of fused-ring (bicyclic) bond motifs is 1. The van der Waals surface area contributed by atoms with Gasteiger partial charge >= 0.3 is 5.97 Å². The Hall–Kier alpha value is -2.05. The van der Waals surface area contributed by atoms with Gasteiger partial charge in [-0.25, -0.2) is 0 Å². The number of thiophene rings is 1. The molecule has 2 aromatic rings. The molecule has 1 aliphatic heterocycles. The van der Waals surface area contributed by atoms with Crippen LogP contribution in [0.5, 0.6) is 11.5 Å². The zero-order valence-corrected chi connectivity index (χ0v) is 12.3. The highest BCUT2D eigenvalue weighted by Crippen LogP contribution is 2.33. The average Bonchev–Trinajstić information content (AvgIpc) is 3.08. The van der Waals surface area contributed by atoms with E-state index in [1.54, 1.807) is 7.05 Å². The van der Waals surface area contributed by atoms with E-state index in [0.29, 0.717) is 12.3 Å². The molecule has 0 saturated carbocycles. The van der Waals surface area contributed by atoms with Crippen molar-refractivity contribution in [2.45, 2.75) is 12.6 Å². The Bertz CT molecular complexity index is 641. The monoisotopic (exact) mass is 305 g/mol. The summed E-state index contributed by atoms with van der Waals surface area (Å²) in [5, 5.41) is 13.2. The maximum atomic E-state index is 11.5. The van der Waals surface area contributed by atoms with Crippen LogP contribution in [0.4, 0.5) is 0 Å². The lowest BCUT2D eigenvalue weighted by molar-refractivity contribution is -0.143. The van der Waals surface area contributed by atoms with Gasteiger partial charge < -0.3 is 14.6 Å².